The second-order valence-corrected chi connectivity index (χ2v) is 4.98. The van der Waals surface area contributed by atoms with Gasteiger partial charge in [-0.25, -0.2) is 0 Å². The number of carbonyl (C=O) groups is 3. The molecule has 23 heavy (non-hydrogen) atoms. The van der Waals surface area contributed by atoms with Crippen LogP contribution >= 0.6 is 0 Å². The molecule has 6 nitrogen and oxygen atoms in total. The Bertz CT molecular complexity index is 739. The molecule has 2 amide bonds. The fraction of sp³-hybridized carbons (Fsp3) is 0.118. The Morgan fingerprint density at radius 3 is 2.26 bits per heavy atom. The number of nitrogens with one attached hydrogen (secondary N) is 2. The molecule has 0 atom stereocenters. The fourth-order valence-electron chi connectivity index (χ4n) is 1.95. The lowest BCUT2D eigenvalue weighted by molar-refractivity contribution is -0.135. The molecule has 0 spiro atoms. The maximum absolute atomic E-state index is 12.1. The fourth-order valence-corrected chi connectivity index (χ4v) is 1.95. The van der Waals surface area contributed by atoms with Gasteiger partial charge >= 0.3 is 5.97 Å². The molecule has 6 heteroatoms. The van der Waals surface area contributed by atoms with Crippen LogP contribution in [0.5, 0.6) is 0 Å². The Hall–Kier alpha value is -3.15. The van der Waals surface area contributed by atoms with Crippen molar-refractivity contribution < 1.29 is 19.5 Å². The number of anilines is 1. The van der Waals surface area contributed by atoms with Gasteiger partial charge in [-0.05, 0) is 43.3 Å². The molecule has 0 aliphatic heterocycles. The first-order valence-electron chi connectivity index (χ1n) is 6.94. The van der Waals surface area contributed by atoms with Crippen LogP contribution in [0.4, 0.5) is 5.69 Å². The van der Waals surface area contributed by atoms with Crippen molar-refractivity contribution >= 4 is 23.5 Å². The summed E-state index contributed by atoms with van der Waals surface area (Å²) >= 11 is 0. The summed E-state index contributed by atoms with van der Waals surface area (Å²) in [6.07, 6.45) is 0. The summed E-state index contributed by atoms with van der Waals surface area (Å²) in [6.45, 7) is 1.46. The first kappa shape index (κ1) is 16.2. The third kappa shape index (κ3) is 4.67. The highest BCUT2D eigenvalue weighted by Gasteiger charge is 2.09. The monoisotopic (exact) mass is 312 g/mol. The average Bonchev–Trinajstić information content (AvgIpc) is 2.53. The van der Waals surface area contributed by atoms with Crippen LogP contribution in [0.1, 0.15) is 26.3 Å². The Kier molecular flexibility index (Phi) is 5.09. The number of aryl methyl sites for hydroxylation is 1. The molecule has 0 aromatic heterocycles. The largest absolute Gasteiger partial charge is 0.480 e. The number of amides is 2. The highest BCUT2D eigenvalue weighted by Crippen LogP contribution is 2.12. The van der Waals surface area contributed by atoms with Crippen molar-refractivity contribution in [1.82, 2.24) is 5.32 Å². The summed E-state index contributed by atoms with van der Waals surface area (Å²) < 4.78 is 0. The minimum Gasteiger partial charge on any atom is -0.480 e. The SMILES string of the molecule is Cc1cccc(C(=O)Nc2ccc(C(=O)NCC(=O)O)cc2)c1. The van der Waals surface area contributed by atoms with Gasteiger partial charge in [-0.2, -0.15) is 0 Å². The van der Waals surface area contributed by atoms with E-state index in [4.69, 9.17) is 5.11 Å². The lowest BCUT2D eigenvalue weighted by atomic mass is 10.1. The maximum atomic E-state index is 12.1. The van der Waals surface area contributed by atoms with E-state index in [1.807, 2.05) is 13.0 Å². The number of carboxylic acids is 1. The van der Waals surface area contributed by atoms with Crippen LogP contribution in [0.3, 0.4) is 0 Å². The molecule has 0 saturated heterocycles. The molecule has 118 valence electrons. The standard InChI is InChI=1S/C17H16N2O4/c1-11-3-2-4-13(9-11)17(23)19-14-7-5-12(6-8-14)16(22)18-10-15(20)21/h2-9H,10H2,1H3,(H,18,22)(H,19,23)(H,20,21). The number of rotatable bonds is 5. The highest BCUT2D eigenvalue weighted by atomic mass is 16.4. The zero-order valence-electron chi connectivity index (χ0n) is 12.5. The topological polar surface area (TPSA) is 95.5 Å². The quantitative estimate of drug-likeness (QED) is 0.787. The summed E-state index contributed by atoms with van der Waals surface area (Å²) in [4.78, 5) is 34.2. The van der Waals surface area contributed by atoms with Crippen LogP contribution in [0.2, 0.25) is 0 Å². The molecule has 0 unspecified atom stereocenters. The molecule has 2 rings (SSSR count). The van der Waals surface area contributed by atoms with E-state index >= 15 is 0 Å². The second kappa shape index (κ2) is 7.22. The summed E-state index contributed by atoms with van der Waals surface area (Å²) in [5.41, 5.74) is 2.41. The van der Waals surface area contributed by atoms with Crippen molar-refractivity contribution in [2.45, 2.75) is 6.92 Å². The summed E-state index contributed by atoms with van der Waals surface area (Å²) in [5, 5.41) is 13.5. The molecular weight excluding hydrogens is 296 g/mol. The number of hydrogen-bond acceptors (Lipinski definition) is 3. The lowest BCUT2D eigenvalue weighted by Crippen LogP contribution is -2.29. The molecule has 0 fully saturated rings. The zero-order chi connectivity index (χ0) is 16.8. The average molecular weight is 312 g/mol. The van der Waals surface area contributed by atoms with Crippen LogP contribution in [-0.4, -0.2) is 29.4 Å². The van der Waals surface area contributed by atoms with Gasteiger partial charge in [-0.1, -0.05) is 17.7 Å². The Morgan fingerprint density at radius 1 is 0.957 bits per heavy atom. The van der Waals surface area contributed by atoms with Crippen LogP contribution in [-0.2, 0) is 4.79 Å². The number of aliphatic carboxylic acids is 1. The van der Waals surface area contributed by atoms with Gasteiger partial charge in [0.25, 0.3) is 11.8 Å². The minimum atomic E-state index is -1.11. The van der Waals surface area contributed by atoms with Gasteiger partial charge in [0.15, 0.2) is 0 Å². The smallest absolute Gasteiger partial charge is 0.322 e. The molecule has 0 radical (unpaired) electrons. The Balaban J connectivity index is 2.01. The van der Waals surface area contributed by atoms with E-state index in [-0.39, 0.29) is 5.91 Å². The van der Waals surface area contributed by atoms with E-state index < -0.39 is 18.4 Å². The predicted molar refractivity (Wildman–Crippen MR) is 85.5 cm³/mol. The highest BCUT2D eigenvalue weighted by molar-refractivity contribution is 6.04. The van der Waals surface area contributed by atoms with Crippen molar-refractivity contribution in [3.63, 3.8) is 0 Å². The van der Waals surface area contributed by atoms with E-state index in [1.54, 1.807) is 30.3 Å². The molecule has 2 aromatic rings. The van der Waals surface area contributed by atoms with Gasteiger partial charge in [-0.15, -0.1) is 0 Å². The molecule has 0 heterocycles. The third-order valence-electron chi connectivity index (χ3n) is 3.09. The maximum Gasteiger partial charge on any atom is 0.322 e. The summed E-state index contributed by atoms with van der Waals surface area (Å²) in [6, 6.07) is 13.4. The molecular formula is C17H16N2O4. The molecule has 0 aliphatic carbocycles. The van der Waals surface area contributed by atoms with E-state index in [0.717, 1.165) is 5.56 Å². The van der Waals surface area contributed by atoms with Crippen molar-refractivity contribution in [2.24, 2.45) is 0 Å². The van der Waals surface area contributed by atoms with E-state index in [9.17, 15) is 14.4 Å². The predicted octanol–water partition coefficient (Wildman–Crippen LogP) is 2.06. The molecule has 0 saturated carbocycles. The first-order chi connectivity index (χ1) is 11.0. The first-order valence-corrected chi connectivity index (χ1v) is 6.94. The van der Waals surface area contributed by atoms with Gasteiger partial charge < -0.3 is 15.7 Å². The Labute approximate surface area is 133 Å². The van der Waals surface area contributed by atoms with Crippen molar-refractivity contribution in [2.75, 3.05) is 11.9 Å². The summed E-state index contributed by atoms with van der Waals surface area (Å²) in [7, 11) is 0. The van der Waals surface area contributed by atoms with Crippen molar-refractivity contribution in [3.8, 4) is 0 Å². The lowest BCUT2D eigenvalue weighted by Gasteiger charge is -2.07. The normalized spacial score (nSPS) is 9.96. The molecule has 2 aromatic carbocycles. The van der Waals surface area contributed by atoms with Gasteiger partial charge in [0.1, 0.15) is 6.54 Å². The van der Waals surface area contributed by atoms with Crippen LogP contribution < -0.4 is 10.6 Å². The van der Waals surface area contributed by atoms with E-state index in [0.29, 0.717) is 16.8 Å². The van der Waals surface area contributed by atoms with Crippen LogP contribution in [0.25, 0.3) is 0 Å². The molecule has 0 aliphatic rings. The van der Waals surface area contributed by atoms with Gasteiger partial charge in [0.2, 0.25) is 0 Å². The number of carbonyl (C=O) groups excluding carboxylic acids is 2. The molecule has 0 bridgehead atoms. The van der Waals surface area contributed by atoms with Gasteiger partial charge in [-0.3, -0.25) is 14.4 Å². The van der Waals surface area contributed by atoms with E-state index in [1.165, 1.54) is 12.1 Å². The number of hydrogen-bond donors (Lipinski definition) is 3. The van der Waals surface area contributed by atoms with Gasteiger partial charge in [0, 0.05) is 16.8 Å². The zero-order valence-corrected chi connectivity index (χ0v) is 12.5. The third-order valence-corrected chi connectivity index (χ3v) is 3.09. The second-order valence-electron chi connectivity index (χ2n) is 4.98. The van der Waals surface area contributed by atoms with Crippen molar-refractivity contribution in [1.29, 1.82) is 0 Å². The molecule has 3 N–H and O–H groups in total. The van der Waals surface area contributed by atoms with Crippen LogP contribution in [0.15, 0.2) is 48.5 Å². The number of benzene rings is 2. The Morgan fingerprint density at radius 2 is 1.65 bits per heavy atom. The minimum absolute atomic E-state index is 0.239. The van der Waals surface area contributed by atoms with Crippen LogP contribution in [0, 0.1) is 6.92 Å². The van der Waals surface area contributed by atoms with Crippen molar-refractivity contribution in [3.05, 3.63) is 65.2 Å². The van der Waals surface area contributed by atoms with Gasteiger partial charge in [0.05, 0.1) is 0 Å². The summed E-state index contributed by atoms with van der Waals surface area (Å²) in [5.74, 6) is -1.83. The number of carboxylic acid groups (broad SMARTS) is 1. The van der Waals surface area contributed by atoms with E-state index in [2.05, 4.69) is 10.6 Å².